The van der Waals surface area contributed by atoms with Crippen molar-refractivity contribution in [3.8, 4) is 0 Å². The molecule has 0 radical (unpaired) electrons. The van der Waals surface area contributed by atoms with Crippen LogP contribution in [0.1, 0.15) is 30.9 Å². The molecule has 1 fully saturated rings. The minimum Gasteiger partial charge on any atom is -0.342 e. The van der Waals surface area contributed by atoms with Crippen molar-refractivity contribution in [1.29, 1.82) is 0 Å². The SMILES string of the molecule is S=C(Nc1cc(Cl)c(Cl)cc1Cl)N1CCCCC1c1ccccc1. The minimum atomic E-state index is 0.279. The van der Waals surface area contributed by atoms with Crippen LogP contribution in [0, 0.1) is 0 Å². The van der Waals surface area contributed by atoms with Gasteiger partial charge in [0, 0.05) is 6.54 Å². The number of hydrogen-bond acceptors (Lipinski definition) is 1. The molecule has 0 aromatic heterocycles. The van der Waals surface area contributed by atoms with E-state index in [0.29, 0.717) is 25.9 Å². The number of thiocarbonyl (C=S) groups is 1. The molecule has 1 saturated heterocycles. The summed E-state index contributed by atoms with van der Waals surface area (Å²) < 4.78 is 0. The minimum absolute atomic E-state index is 0.279. The van der Waals surface area contributed by atoms with Gasteiger partial charge in [0.05, 0.1) is 26.8 Å². The standard InChI is InChI=1S/C18H17Cl3N2S/c19-13-10-15(21)16(11-14(13)20)22-18(24)23-9-5-4-8-17(23)12-6-2-1-3-7-12/h1-3,6-7,10-11,17H,4-5,8-9H2,(H,22,24). The quantitative estimate of drug-likeness (QED) is 0.454. The molecule has 0 spiro atoms. The molecule has 1 atom stereocenters. The Kier molecular flexibility index (Phi) is 5.88. The summed E-state index contributed by atoms with van der Waals surface area (Å²) in [6, 6.07) is 14.1. The van der Waals surface area contributed by atoms with E-state index in [4.69, 9.17) is 47.0 Å². The lowest BCUT2D eigenvalue weighted by atomic mass is 9.96. The third-order valence-corrected chi connectivity index (χ3v) is 5.57. The van der Waals surface area contributed by atoms with Gasteiger partial charge in [0.2, 0.25) is 0 Å². The Hall–Kier alpha value is -1.00. The van der Waals surface area contributed by atoms with Gasteiger partial charge in [0.1, 0.15) is 0 Å². The molecule has 1 unspecified atom stereocenters. The van der Waals surface area contributed by atoms with E-state index in [0.717, 1.165) is 19.4 Å². The highest BCUT2D eigenvalue weighted by Crippen LogP contribution is 2.34. The lowest BCUT2D eigenvalue weighted by Gasteiger charge is -2.38. The summed E-state index contributed by atoms with van der Waals surface area (Å²) in [6.07, 6.45) is 3.41. The van der Waals surface area contributed by atoms with E-state index < -0.39 is 0 Å². The van der Waals surface area contributed by atoms with E-state index in [1.54, 1.807) is 12.1 Å². The second-order valence-corrected chi connectivity index (χ2v) is 7.40. The molecule has 3 rings (SSSR count). The van der Waals surface area contributed by atoms with Gasteiger partial charge in [-0.2, -0.15) is 0 Å². The molecule has 6 heteroatoms. The van der Waals surface area contributed by atoms with Crippen molar-refractivity contribution in [2.75, 3.05) is 11.9 Å². The Morgan fingerprint density at radius 3 is 2.46 bits per heavy atom. The Bertz CT molecular complexity index is 737. The fraction of sp³-hybridized carbons (Fsp3) is 0.278. The third kappa shape index (κ3) is 3.97. The van der Waals surface area contributed by atoms with E-state index in [9.17, 15) is 0 Å². The third-order valence-electron chi connectivity index (χ3n) is 4.20. The Labute approximate surface area is 162 Å². The predicted octanol–water partition coefficient (Wildman–Crippen LogP) is 6.57. The molecule has 1 aliphatic rings. The monoisotopic (exact) mass is 398 g/mol. The zero-order valence-corrected chi connectivity index (χ0v) is 16.0. The maximum absolute atomic E-state index is 6.25. The van der Waals surface area contributed by atoms with Crippen molar-refractivity contribution in [2.45, 2.75) is 25.3 Å². The van der Waals surface area contributed by atoms with Crippen LogP contribution in [0.4, 0.5) is 5.69 Å². The summed E-state index contributed by atoms with van der Waals surface area (Å²) in [6.45, 7) is 0.921. The first kappa shape index (κ1) is 17.8. The van der Waals surface area contributed by atoms with Crippen molar-refractivity contribution in [2.24, 2.45) is 0 Å². The average molecular weight is 400 g/mol. The molecule has 1 heterocycles. The molecule has 0 aliphatic carbocycles. The van der Waals surface area contributed by atoms with Gasteiger partial charge in [0.25, 0.3) is 0 Å². The molecule has 1 aliphatic heterocycles. The van der Waals surface area contributed by atoms with Crippen molar-refractivity contribution in [3.05, 3.63) is 63.1 Å². The van der Waals surface area contributed by atoms with E-state index in [2.05, 4.69) is 34.5 Å². The molecule has 2 nitrogen and oxygen atoms in total. The maximum Gasteiger partial charge on any atom is 0.173 e. The molecule has 126 valence electrons. The smallest absolute Gasteiger partial charge is 0.173 e. The highest BCUT2D eigenvalue weighted by atomic mass is 35.5. The van der Waals surface area contributed by atoms with Crippen LogP contribution in [0.5, 0.6) is 0 Å². The summed E-state index contributed by atoms with van der Waals surface area (Å²) in [5.41, 5.74) is 1.95. The van der Waals surface area contributed by atoms with Crippen LogP contribution in [0.15, 0.2) is 42.5 Å². The van der Waals surface area contributed by atoms with Crippen LogP contribution in [-0.4, -0.2) is 16.6 Å². The zero-order valence-electron chi connectivity index (χ0n) is 12.9. The molecule has 24 heavy (non-hydrogen) atoms. The number of likely N-dealkylation sites (tertiary alicyclic amines) is 1. The van der Waals surface area contributed by atoms with Crippen molar-refractivity contribution in [1.82, 2.24) is 4.90 Å². The fourth-order valence-electron chi connectivity index (χ4n) is 3.00. The van der Waals surface area contributed by atoms with Gasteiger partial charge < -0.3 is 10.2 Å². The number of anilines is 1. The first-order valence-electron chi connectivity index (χ1n) is 7.83. The average Bonchev–Trinajstić information content (AvgIpc) is 2.60. The number of nitrogens with zero attached hydrogens (tertiary/aromatic N) is 1. The second kappa shape index (κ2) is 7.92. The maximum atomic E-state index is 6.25. The number of halogens is 3. The summed E-state index contributed by atoms with van der Waals surface area (Å²) in [5.74, 6) is 0. The summed E-state index contributed by atoms with van der Waals surface area (Å²) >= 11 is 24.0. The van der Waals surface area contributed by atoms with Crippen LogP contribution in [0.25, 0.3) is 0 Å². The number of piperidine rings is 1. The summed E-state index contributed by atoms with van der Waals surface area (Å²) in [4.78, 5) is 2.23. The van der Waals surface area contributed by atoms with Gasteiger partial charge in [-0.1, -0.05) is 65.1 Å². The predicted molar refractivity (Wildman–Crippen MR) is 107 cm³/mol. The lowest BCUT2D eigenvalue weighted by molar-refractivity contribution is 0.248. The zero-order chi connectivity index (χ0) is 17.1. The molecular formula is C18H17Cl3N2S. The van der Waals surface area contributed by atoms with Gasteiger partial charge in [-0.3, -0.25) is 0 Å². The van der Waals surface area contributed by atoms with E-state index >= 15 is 0 Å². The van der Waals surface area contributed by atoms with Crippen LogP contribution >= 0.6 is 47.0 Å². The van der Waals surface area contributed by atoms with Gasteiger partial charge >= 0.3 is 0 Å². The molecular weight excluding hydrogens is 383 g/mol. The molecule has 1 N–H and O–H groups in total. The normalized spacial score (nSPS) is 17.6. The Balaban J connectivity index is 1.81. The molecule has 0 saturated carbocycles. The van der Waals surface area contributed by atoms with E-state index in [-0.39, 0.29) is 6.04 Å². The number of rotatable bonds is 2. The summed E-state index contributed by atoms with van der Waals surface area (Å²) in [7, 11) is 0. The van der Waals surface area contributed by atoms with Gasteiger partial charge in [0.15, 0.2) is 5.11 Å². The largest absolute Gasteiger partial charge is 0.342 e. The van der Waals surface area contributed by atoms with Crippen LogP contribution < -0.4 is 5.32 Å². The molecule has 0 bridgehead atoms. The number of benzene rings is 2. The van der Waals surface area contributed by atoms with Crippen molar-refractivity contribution in [3.63, 3.8) is 0 Å². The van der Waals surface area contributed by atoms with Crippen molar-refractivity contribution >= 4 is 57.8 Å². The molecule has 2 aromatic carbocycles. The highest BCUT2D eigenvalue weighted by molar-refractivity contribution is 7.80. The van der Waals surface area contributed by atoms with Crippen LogP contribution in [0.3, 0.4) is 0 Å². The summed E-state index contributed by atoms with van der Waals surface area (Å²) in [5, 5.41) is 5.26. The van der Waals surface area contributed by atoms with E-state index in [1.807, 2.05) is 6.07 Å². The van der Waals surface area contributed by atoms with Crippen LogP contribution in [-0.2, 0) is 0 Å². The van der Waals surface area contributed by atoms with E-state index in [1.165, 1.54) is 12.0 Å². The first-order chi connectivity index (χ1) is 11.6. The molecule has 0 amide bonds. The first-order valence-corrected chi connectivity index (χ1v) is 9.37. The molecule has 2 aromatic rings. The topological polar surface area (TPSA) is 15.3 Å². The Morgan fingerprint density at radius 2 is 1.71 bits per heavy atom. The number of hydrogen-bond donors (Lipinski definition) is 1. The van der Waals surface area contributed by atoms with Crippen LogP contribution in [0.2, 0.25) is 15.1 Å². The fourth-order valence-corrected chi connectivity index (χ4v) is 3.92. The number of nitrogens with one attached hydrogen (secondary N) is 1. The van der Waals surface area contributed by atoms with Gasteiger partial charge in [-0.15, -0.1) is 0 Å². The van der Waals surface area contributed by atoms with Crippen molar-refractivity contribution < 1.29 is 0 Å². The van der Waals surface area contributed by atoms with Gasteiger partial charge in [-0.25, -0.2) is 0 Å². The highest BCUT2D eigenvalue weighted by Gasteiger charge is 2.26. The Morgan fingerprint density at radius 1 is 1.00 bits per heavy atom. The lowest BCUT2D eigenvalue weighted by Crippen LogP contribution is -2.41. The second-order valence-electron chi connectivity index (χ2n) is 5.79. The van der Waals surface area contributed by atoms with Gasteiger partial charge in [-0.05, 0) is 49.2 Å².